The molecule has 11 heteroatoms. The van der Waals surface area contributed by atoms with Crippen LogP contribution in [0.25, 0.3) is 11.3 Å². The molecule has 4 aromatic rings. The summed E-state index contributed by atoms with van der Waals surface area (Å²) in [6.07, 6.45) is 3.69. The largest absolute Gasteiger partial charge is 0.475 e. The van der Waals surface area contributed by atoms with Crippen LogP contribution in [0, 0.1) is 11.8 Å². The Morgan fingerprint density at radius 1 is 1.07 bits per heavy atom. The Hall–Kier alpha value is -3.33. The van der Waals surface area contributed by atoms with E-state index in [-0.39, 0.29) is 24.4 Å². The molecule has 0 saturated carbocycles. The maximum atomic E-state index is 12.7. The van der Waals surface area contributed by atoms with E-state index in [2.05, 4.69) is 27.3 Å². The number of hydrogen-bond acceptors (Lipinski definition) is 7. The summed E-state index contributed by atoms with van der Waals surface area (Å²) in [5.41, 5.74) is 3.32. The van der Waals surface area contributed by atoms with E-state index >= 15 is 0 Å². The molecule has 222 valence electrons. The predicted molar refractivity (Wildman–Crippen MR) is 167 cm³/mol. The van der Waals surface area contributed by atoms with E-state index in [0.717, 1.165) is 35.4 Å². The molecule has 8 nitrogen and oxygen atoms in total. The zero-order valence-electron chi connectivity index (χ0n) is 23.8. The van der Waals surface area contributed by atoms with Crippen LogP contribution >= 0.6 is 34.8 Å². The number of nitrogens with one attached hydrogen (secondary N) is 1. The number of ether oxygens (including phenoxy) is 2. The molecule has 2 heterocycles. The second kappa shape index (κ2) is 15.2. The van der Waals surface area contributed by atoms with E-state index in [9.17, 15) is 4.79 Å². The smallest absolute Gasteiger partial charge is 0.309 e. The van der Waals surface area contributed by atoms with Crippen molar-refractivity contribution in [2.45, 2.75) is 39.7 Å². The lowest BCUT2D eigenvalue weighted by molar-refractivity contribution is -0.151. The molecule has 2 aromatic heterocycles. The first kappa shape index (κ1) is 31.6. The third kappa shape index (κ3) is 8.37. The van der Waals surface area contributed by atoms with Crippen LogP contribution in [0.1, 0.15) is 37.9 Å². The van der Waals surface area contributed by atoms with E-state index in [1.165, 1.54) is 6.33 Å². The summed E-state index contributed by atoms with van der Waals surface area (Å²) < 4.78 is 13.1. The van der Waals surface area contributed by atoms with Crippen LogP contribution in [0.2, 0.25) is 15.1 Å². The minimum atomic E-state index is -0.239. The van der Waals surface area contributed by atoms with Crippen molar-refractivity contribution < 1.29 is 14.3 Å². The molecule has 0 aliphatic rings. The predicted octanol–water partition coefficient (Wildman–Crippen LogP) is 7.67. The molecule has 0 fully saturated rings. The van der Waals surface area contributed by atoms with Gasteiger partial charge in [0.1, 0.15) is 30.4 Å². The van der Waals surface area contributed by atoms with E-state index in [1.54, 1.807) is 16.8 Å². The minimum Gasteiger partial charge on any atom is -0.475 e. The monoisotopic (exact) mass is 629 g/mol. The van der Waals surface area contributed by atoms with Crippen LogP contribution in [0.5, 0.6) is 5.88 Å². The number of halogens is 3. The third-order valence-electron chi connectivity index (χ3n) is 7.15. The molecule has 0 aliphatic heterocycles. The summed E-state index contributed by atoms with van der Waals surface area (Å²) >= 11 is 19.0. The molecule has 0 radical (unpaired) electrons. The Balaban J connectivity index is 1.27. The highest BCUT2D eigenvalue weighted by Gasteiger charge is 2.25. The highest BCUT2D eigenvalue weighted by Crippen LogP contribution is 2.32. The van der Waals surface area contributed by atoms with Crippen LogP contribution in [0.4, 0.5) is 5.82 Å². The number of aromatic nitrogens is 4. The third-order valence-corrected chi connectivity index (χ3v) is 8.09. The first-order valence-corrected chi connectivity index (χ1v) is 15.0. The molecule has 2 atom stereocenters. The molecular weight excluding hydrogens is 597 g/mol. The van der Waals surface area contributed by atoms with Gasteiger partial charge in [0.15, 0.2) is 0 Å². The molecule has 4 rings (SSSR count). The summed E-state index contributed by atoms with van der Waals surface area (Å²) in [5.74, 6) is 0.699. The fourth-order valence-corrected chi connectivity index (χ4v) is 5.44. The fraction of sp³-hybridized carbons (Fsp3) is 0.355. The molecule has 0 bridgehead atoms. The quantitative estimate of drug-likeness (QED) is 0.113. The highest BCUT2D eigenvalue weighted by molar-refractivity contribution is 6.36. The van der Waals surface area contributed by atoms with Crippen molar-refractivity contribution in [2.75, 3.05) is 18.5 Å². The second-order valence-corrected chi connectivity index (χ2v) is 11.2. The number of rotatable bonds is 14. The van der Waals surface area contributed by atoms with E-state index in [4.69, 9.17) is 44.3 Å². The zero-order chi connectivity index (χ0) is 30.1. The first-order chi connectivity index (χ1) is 20.3. The van der Waals surface area contributed by atoms with E-state index < -0.39 is 0 Å². The van der Waals surface area contributed by atoms with Crippen LogP contribution < -0.4 is 10.1 Å². The number of esters is 1. The highest BCUT2D eigenvalue weighted by atomic mass is 35.5. The summed E-state index contributed by atoms with van der Waals surface area (Å²) in [6, 6.07) is 16.8. The topological polar surface area (TPSA) is 91.2 Å². The van der Waals surface area contributed by atoms with Crippen molar-refractivity contribution in [3.63, 3.8) is 0 Å². The maximum Gasteiger partial charge on any atom is 0.309 e. The molecule has 0 spiro atoms. The van der Waals surface area contributed by atoms with Gasteiger partial charge in [-0.3, -0.25) is 9.48 Å². The average molecular weight is 631 g/mol. The Labute approximate surface area is 261 Å². The molecule has 0 aliphatic carbocycles. The van der Waals surface area contributed by atoms with Gasteiger partial charge >= 0.3 is 5.97 Å². The molecule has 2 aromatic carbocycles. The molecule has 0 saturated heterocycles. The second-order valence-electron chi connectivity index (χ2n) is 9.96. The van der Waals surface area contributed by atoms with Gasteiger partial charge in [-0.15, -0.1) is 5.10 Å². The zero-order valence-corrected chi connectivity index (χ0v) is 26.1. The number of carbonyl (C=O) groups is 1. The van der Waals surface area contributed by atoms with Gasteiger partial charge in [0.05, 0.1) is 28.9 Å². The summed E-state index contributed by atoms with van der Waals surface area (Å²) in [6.45, 7) is 5.06. The van der Waals surface area contributed by atoms with Gasteiger partial charge < -0.3 is 14.8 Å². The minimum absolute atomic E-state index is 0.134. The van der Waals surface area contributed by atoms with Gasteiger partial charge in [0.25, 0.3) is 0 Å². The standard InChI is InChI=1S/C31H34Cl3N5O3/c1-4-22(20(2)31(40)42-18-21-8-6-5-7-9-21)10-13-26-29(34)30(37-19-36-26)35-14-15-41-28-17-27(39(3)38-28)24-12-11-23(32)16-25(24)33/h5-9,11-12,16-17,19-20,22H,4,10,13-15,18H2,1-3H3,(H,35,36,37). The number of benzene rings is 2. The van der Waals surface area contributed by atoms with Crippen LogP contribution in [-0.4, -0.2) is 38.9 Å². The van der Waals surface area contributed by atoms with Crippen molar-refractivity contribution in [3.05, 3.63) is 87.2 Å². The number of anilines is 1. The van der Waals surface area contributed by atoms with Crippen molar-refractivity contribution in [1.82, 2.24) is 19.7 Å². The van der Waals surface area contributed by atoms with Crippen molar-refractivity contribution in [3.8, 4) is 17.1 Å². The van der Waals surface area contributed by atoms with E-state index in [0.29, 0.717) is 46.3 Å². The van der Waals surface area contributed by atoms with E-state index in [1.807, 2.05) is 56.4 Å². The number of nitrogens with zero attached hydrogens (tertiary/aromatic N) is 4. The van der Waals surface area contributed by atoms with Gasteiger partial charge in [-0.2, -0.15) is 0 Å². The summed E-state index contributed by atoms with van der Waals surface area (Å²) in [5, 5.41) is 9.20. The number of aryl methyl sites for hydroxylation is 2. The SMILES string of the molecule is CCC(CCc1ncnc(NCCOc2cc(-c3ccc(Cl)cc3Cl)n(C)n2)c1Cl)C(C)C(=O)OCc1ccccc1. The van der Waals surface area contributed by atoms with Gasteiger partial charge in [-0.25, -0.2) is 9.97 Å². The van der Waals surface area contributed by atoms with Crippen LogP contribution in [0.3, 0.4) is 0 Å². The van der Waals surface area contributed by atoms with Gasteiger partial charge in [-0.05, 0) is 42.5 Å². The maximum absolute atomic E-state index is 12.7. The summed E-state index contributed by atoms with van der Waals surface area (Å²) in [4.78, 5) is 21.4. The fourth-order valence-electron chi connectivity index (χ4n) is 4.67. The van der Waals surface area contributed by atoms with Gasteiger partial charge in [0.2, 0.25) is 5.88 Å². The van der Waals surface area contributed by atoms with Crippen molar-refractivity contribution >= 4 is 46.6 Å². The first-order valence-electron chi connectivity index (χ1n) is 13.8. The Kier molecular flexibility index (Phi) is 11.5. The van der Waals surface area contributed by atoms with Gasteiger partial charge in [-0.1, -0.05) is 85.4 Å². The molecule has 1 N–H and O–H groups in total. The Bertz CT molecular complexity index is 1480. The Morgan fingerprint density at radius 2 is 1.86 bits per heavy atom. The lowest BCUT2D eigenvalue weighted by atomic mass is 9.87. The molecular formula is C31H34Cl3N5O3. The van der Waals surface area contributed by atoms with Crippen molar-refractivity contribution in [2.24, 2.45) is 18.9 Å². The molecule has 2 unspecified atom stereocenters. The lowest BCUT2D eigenvalue weighted by Gasteiger charge is -2.21. The molecule has 42 heavy (non-hydrogen) atoms. The average Bonchev–Trinajstić information content (AvgIpc) is 3.35. The number of hydrogen-bond donors (Lipinski definition) is 1. The molecule has 0 amide bonds. The summed E-state index contributed by atoms with van der Waals surface area (Å²) in [7, 11) is 1.82. The van der Waals surface area contributed by atoms with Crippen molar-refractivity contribution in [1.29, 1.82) is 0 Å². The lowest BCUT2D eigenvalue weighted by Crippen LogP contribution is -2.23. The van der Waals surface area contributed by atoms with Crippen LogP contribution in [-0.2, 0) is 29.6 Å². The van der Waals surface area contributed by atoms with Gasteiger partial charge in [0, 0.05) is 23.7 Å². The Morgan fingerprint density at radius 3 is 2.60 bits per heavy atom. The van der Waals surface area contributed by atoms with Crippen LogP contribution in [0.15, 0.2) is 60.9 Å². The number of carbonyl (C=O) groups excluding carboxylic acids is 1. The normalized spacial score (nSPS) is 12.5.